The van der Waals surface area contributed by atoms with Crippen molar-refractivity contribution >= 4 is 23.4 Å². The first-order chi connectivity index (χ1) is 7.22. The molecule has 0 atom stereocenters. The minimum absolute atomic E-state index is 0.0653. The van der Waals surface area contributed by atoms with E-state index in [1.807, 2.05) is 0 Å². The van der Waals surface area contributed by atoms with Gasteiger partial charge in [0.15, 0.2) is 0 Å². The highest BCUT2D eigenvalue weighted by atomic mass is 35.5. The second-order valence-corrected chi connectivity index (χ2v) is 2.91. The molecule has 0 aromatic rings. The molecule has 0 spiro atoms. The topological polar surface area (TPSA) is 87.7 Å². The van der Waals surface area contributed by atoms with Gasteiger partial charge in [0.25, 0.3) is 0 Å². The standard InChI is InChI=1S/C8H15ClN2O4/c9-1-2-10-7(13)8(14)11-3-5-15-6-4-12/h12H,1-6H2,(H,10,13)(H,11,14). The van der Waals surface area contributed by atoms with E-state index in [0.29, 0.717) is 0 Å². The number of aliphatic hydroxyl groups is 1. The first-order valence-corrected chi connectivity index (χ1v) is 5.06. The van der Waals surface area contributed by atoms with E-state index in [0.717, 1.165) is 0 Å². The van der Waals surface area contributed by atoms with Crippen LogP contribution in [-0.2, 0) is 14.3 Å². The summed E-state index contributed by atoms with van der Waals surface area (Å²) in [5, 5.41) is 13.0. The van der Waals surface area contributed by atoms with Crippen molar-refractivity contribution in [1.29, 1.82) is 0 Å². The molecular weight excluding hydrogens is 224 g/mol. The predicted octanol–water partition coefficient (Wildman–Crippen LogP) is -1.53. The first kappa shape index (κ1) is 14.2. The number of carbonyl (C=O) groups excluding carboxylic acids is 2. The fourth-order valence-corrected chi connectivity index (χ4v) is 0.819. The van der Waals surface area contributed by atoms with Crippen LogP contribution in [0, 0.1) is 0 Å². The number of hydrogen-bond donors (Lipinski definition) is 3. The Labute approximate surface area is 92.9 Å². The van der Waals surface area contributed by atoms with Crippen molar-refractivity contribution in [1.82, 2.24) is 10.6 Å². The molecule has 0 fully saturated rings. The van der Waals surface area contributed by atoms with Crippen LogP contribution in [0.4, 0.5) is 0 Å². The smallest absolute Gasteiger partial charge is 0.309 e. The molecule has 6 nitrogen and oxygen atoms in total. The van der Waals surface area contributed by atoms with E-state index >= 15 is 0 Å². The summed E-state index contributed by atoms with van der Waals surface area (Å²) in [6, 6.07) is 0. The first-order valence-electron chi connectivity index (χ1n) is 4.53. The number of alkyl halides is 1. The summed E-state index contributed by atoms with van der Waals surface area (Å²) < 4.78 is 4.88. The Morgan fingerprint density at radius 1 is 1.13 bits per heavy atom. The van der Waals surface area contributed by atoms with Gasteiger partial charge in [0.05, 0.1) is 19.8 Å². The molecule has 0 rings (SSSR count). The summed E-state index contributed by atoms with van der Waals surface area (Å²) in [7, 11) is 0. The van der Waals surface area contributed by atoms with Crippen LogP contribution >= 0.6 is 11.6 Å². The zero-order valence-electron chi connectivity index (χ0n) is 8.29. The molecule has 3 N–H and O–H groups in total. The molecule has 2 amide bonds. The third kappa shape index (κ3) is 8.17. The van der Waals surface area contributed by atoms with E-state index in [-0.39, 0.29) is 38.8 Å². The number of ether oxygens (including phenoxy) is 1. The minimum atomic E-state index is -0.715. The number of amides is 2. The molecule has 15 heavy (non-hydrogen) atoms. The number of nitrogens with one attached hydrogen (secondary N) is 2. The van der Waals surface area contributed by atoms with Gasteiger partial charge in [-0.3, -0.25) is 9.59 Å². The number of halogens is 1. The Kier molecular flexibility index (Phi) is 9.15. The summed E-state index contributed by atoms with van der Waals surface area (Å²) in [4.78, 5) is 22.0. The van der Waals surface area contributed by atoms with Gasteiger partial charge in [-0.1, -0.05) is 0 Å². The quantitative estimate of drug-likeness (QED) is 0.285. The molecule has 88 valence electrons. The third-order valence-electron chi connectivity index (χ3n) is 1.35. The van der Waals surface area contributed by atoms with Gasteiger partial charge in [-0.2, -0.15) is 0 Å². The molecule has 0 saturated heterocycles. The molecule has 0 aliphatic rings. The fraction of sp³-hybridized carbons (Fsp3) is 0.750. The van der Waals surface area contributed by atoms with Gasteiger partial charge >= 0.3 is 11.8 Å². The van der Waals surface area contributed by atoms with Crippen LogP contribution in [0.15, 0.2) is 0 Å². The van der Waals surface area contributed by atoms with E-state index in [1.165, 1.54) is 0 Å². The summed E-state index contributed by atoms with van der Waals surface area (Å²) in [5.74, 6) is -1.16. The van der Waals surface area contributed by atoms with Gasteiger partial charge in [-0.05, 0) is 0 Å². The average molecular weight is 239 g/mol. The van der Waals surface area contributed by atoms with Crippen LogP contribution in [0.2, 0.25) is 0 Å². The van der Waals surface area contributed by atoms with Crippen LogP contribution in [0.5, 0.6) is 0 Å². The Balaban J connectivity index is 3.43. The highest BCUT2D eigenvalue weighted by Crippen LogP contribution is 1.75. The van der Waals surface area contributed by atoms with Gasteiger partial charge in [-0.15, -0.1) is 11.6 Å². The van der Waals surface area contributed by atoms with E-state index in [1.54, 1.807) is 0 Å². The van der Waals surface area contributed by atoms with Crippen molar-refractivity contribution in [3.05, 3.63) is 0 Å². The molecule has 0 heterocycles. The van der Waals surface area contributed by atoms with Crippen LogP contribution in [0.25, 0.3) is 0 Å². The van der Waals surface area contributed by atoms with Crippen molar-refractivity contribution < 1.29 is 19.4 Å². The highest BCUT2D eigenvalue weighted by molar-refractivity contribution is 6.35. The maximum atomic E-state index is 11.0. The third-order valence-corrected chi connectivity index (χ3v) is 1.54. The van der Waals surface area contributed by atoms with E-state index in [4.69, 9.17) is 21.4 Å². The molecule has 0 radical (unpaired) electrons. The molecule has 0 aromatic carbocycles. The van der Waals surface area contributed by atoms with Gasteiger partial charge < -0.3 is 20.5 Å². The van der Waals surface area contributed by atoms with Crippen LogP contribution < -0.4 is 10.6 Å². The van der Waals surface area contributed by atoms with Gasteiger partial charge in [0.1, 0.15) is 0 Å². The average Bonchev–Trinajstić information content (AvgIpc) is 2.25. The Morgan fingerprint density at radius 2 is 1.73 bits per heavy atom. The van der Waals surface area contributed by atoms with Gasteiger partial charge in [-0.25, -0.2) is 0 Å². The van der Waals surface area contributed by atoms with Crippen LogP contribution in [-0.4, -0.2) is 55.7 Å². The highest BCUT2D eigenvalue weighted by Gasteiger charge is 2.10. The number of hydrogen-bond acceptors (Lipinski definition) is 4. The second kappa shape index (κ2) is 9.70. The Morgan fingerprint density at radius 3 is 2.27 bits per heavy atom. The van der Waals surface area contributed by atoms with E-state index in [9.17, 15) is 9.59 Å². The lowest BCUT2D eigenvalue weighted by Gasteiger charge is -2.05. The lowest BCUT2D eigenvalue weighted by atomic mass is 10.5. The molecule has 0 aromatic heterocycles. The molecular formula is C8H15ClN2O4. The van der Waals surface area contributed by atoms with Crippen LogP contribution in [0.3, 0.4) is 0 Å². The van der Waals surface area contributed by atoms with Crippen molar-refractivity contribution in [2.24, 2.45) is 0 Å². The van der Waals surface area contributed by atoms with Gasteiger partial charge in [0.2, 0.25) is 0 Å². The molecule has 0 bridgehead atoms. The number of aliphatic hydroxyl groups excluding tert-OH is 1. The second-order valence-electron chi connectivity index (χ2n) is 2.54. The summed E-state index contributed by atoms with van der Waals surface area (Å²) in [6.07, 6.45) is 0. The zero-order chi connectivity index (χ0) is 11.5. The Bertz CT molecular complexity index is 201. The lowest BCUT2D eigenvalue weighted by Crippen LogP contribution is -2.41. The van der Waals surface area contributed by atoms with E-state index in [2.05, 4.69) is 10.6 Å². The molecule has 7 heteroatoms. The van der Waals surface area contributed by atoms with Crippen molar-refractivity contribution in [3.63, 3.8) is 0 Å². The number of rotatable bonds is 7. The lowest BCUT2D eigenvalue weighted by molar-refractivity contribution is -0.139. The largest absolute Gasteiger partial charge is 0.394 e. The number of carbonyl (C=O) groups is 2. The molecule has 0 saturated carbocycles. The molecule has 0 aliphatic heterocycles. The van der Waals surface area contributed by atoms with Crippen molar-refractivity contribution in [2.45, 2.75) is 0 Å². The Hall–Kier alpha value is -0.850. The maximum Gasteiger partial charge on any atom is 0.309 e. The predicted molar refractivity (Wildman–Crippen MR) is 54.6 cm³/mol. The molecule has 0 aliphatic carbocycles. The summed E-state index contributed by atoms with van der Waals surface area (Å²) >= 11 is 5.32. The molecule has 0 unspecified atom stereocenters. The minimum Gasteiger partial charge on any atom is -0.394 e. The van der Waals surface area contributed by atoms with Crippen molar-refractivity contribution in [3.8, 4) is 0 Å². The normalized spacial score (nSPS) is 9.73. The monoisotopic (exact) mass is 238 g/mol. The SMILES string of the molecule is O=C(NCCCl)C(=O)NCCOCCO. The van der Waals surface area contributed by atoms with Crippen LogP contribution in [0.1, 0.15) is 0 Å². The van der Waals surface area contributed by atoms with Gasteiger partial charge in [0, 0.05) is 19.0 Å². The summed E-state index contributed by atoms with van der Waals surface area (Å²) in [5.41, 5.74) is 0. The zero-order valence-corrected chi connectivity index (χ0v) is 9.05. The maximum absolute atomic E-state index is 11.0. The fourth-order valence-electron chi connectivity index (χ4n) is 0.725. The van der Waals surface area contributed by atoms with E-state index < -0.39 is 11.8 Å². The van der Waals surface area contributed by atoms with Crippen molar-refractivity contribution in [2.75, 3.05) is 38.8 Å². The summed E-state index contributed by atoms with van der Waals surface area (Å²) in [6.45, 7) is 0.898.